The highest BCUT2D eigenvalue weighted by molar-refractivity contribution is 6.31. The minimum atomic E-state index is -0.348. The number of carbonyl (C=O) groups is 1. The molecule has 7 nitrogen and oxygen atoms in total. The Balaban J connectivity index is 1.58. The summed E-state index contributed by atoms with van der Waals surface area (Å²) in [6.07, 6.45) is 1.88. The zero-order valence-corrected chi connectivity index (χ0v) is 16.6. The lowest BCUT2D eigenvalue weighted by atomic mass is 10.0. The zero-order chi connectivity index (χ0) is 20.4. The number of halogens is 1. The van der Waals surface area contributed by atoms with Gasteiger partial charge in [-0.05, 0) is 35.9 Å². The molecular formula is C21H21ClN4O3. The number of carbonyl (C=O) groups excluding carboxylic acids is 1. The number of benzene rings is 2. The second kappa shape index (κ2) is 8.24. The highest BCUT2D eigenvalue weighted by Crippen LogP contribution is 2.37. The molecule has 0 bridgehead atoms. The van der Waals surface area contributed by atoms with Crippen LogP contribution in [0.4, 0.5) is 5.69 Å². The Labute approximate surface area is 173 Å². The minimum Gasteiger partial charge on any atom is -0.507 e. The summed E-state index contributed by atoms with van der Waals surface area (Å²) >= 11 is 6.11. The van der Waals surface area contributed by atoms with Crippen molar-refractivity contribution in [2.75, 3.05) is 25.1 Å². The Morgan fingerprint density at radius 3 is 2.79 bits per heavy atom. The van der Waals surface area contributed by atoms with E-state index in [1.54, 1.807) is 22.9 Å². The number of hydrogen-bond donors (Lipinski definition) is 3. The van der Waals surface area contributed by atoms with Crippen LogP contribution in [0.2, 0.25) is 5.02 Å². The Morgan fingerprint density at radius 1 is 1.28 bits per heavy atom. The molecule has 2 aromatic carbocycles. The molecule has 1 aromatic heterocycles. The summed E-state index contributed by atoms with van der Waals surface area (Å²) in [7, 11) is 1.82. The van der Waals surface area contributed by atoms with E-state index < -0.39 is 0 Å². The molecule has 29 heavy (non-hydrogen) atoms. The number of rotatable bonds is 4. The van der Waals surface area contributed by atoms with Gasteiger partial charge in [0, 0.05) is 41.6 Å². The second-order valence-electron chi connectivity index (χ2n) is 6.87. The van der Waals surface area contributed by atoms with E-state index in [9.17, 15) is 9.90 Å². The van der Waals surface area contributed by atoms with Crippen molar-refractivity contribution in [3.63, 3.8) is 0 Å². The quantitative estimate of drug-likeness (QED) is 0.613. The number of anilines is 1. The van der Waals surface area contributed by atoms with Crippen LogP contribution in [-0.4, -0.2) is 46.6 Å². The number of aromatic nitrogens is 2. The third kappa shape index (κ3) is 4.27. The molecule has 1 amide bonds. The first-order valence-electron chi connectivity index (χ1n) is 9.26. The molecule has 1 aliphatic rings. The zero-order valence-electron chi connectivity index (χ0n) is 15.9. The number of aryl methyl sites for hydroxylation is 1. The number of phenolic OH excluding ortho intramolecular Hbond substituents is 1. The summed E-state index contributed by atoms with van der Waals surface area (Å²) in [5.41, 5.74) is 3.65. The maximum Gasteiger partial charge on any atom is 0.243 e. The van der Waals surface area contributed by atoms with Crippen LogP contribution in [0.1, 0.15) is 0 Å². The van der Waals surface area contributed by atoms with E-state index in [4.69, 9.17) is 16.3 Å². The van der Waals surface area contributed by atoms with Crippen molar-refractivity contribution >= 4 is 23.2 Å². The third-order valence-corrected chi connectivity index (χ3v) is 4.98. The second-order valence-corrected chi connectivity index (χ2v) is 7.31. The molecule has 1 atom stereocenters. The van der Waals surface area contributed by atoms with Crippen molar-refractivity contribution in [2.45, 2.75) is 6.04 Å². The number of aromatic hydroxyl groups is 1. The predicted molar refractivity (Wildman–Crippen MR) is 112 cm³/mol. The molecule has 1 saturated heterocycles. The Bertz CT molecular complexity index is 1030. The van der Waals surface area contributed by atoms with Gasteiger partial charge >= 0.3 is 0 Å². The maximum atomic E-state index is 12.3. The molecule has 1 aliphatic heterocycles. The van der Waals surface area contributed by atoms with Crippen LogP contribution in [0.25, 0.3) is 22.4 Å². The van der Waals surface area contributed by atoms with E-state index in [1.807, 2.05) is 37.5 Å². The third-order valence-electron chi connectivity index (χ3n) is 4.74. The van der Waals surface area contributed by atoms with E-state index in [0.717, 1.165) is 11.1 Å². The van der Waals surface area contributed by atoms with Gasteiger partial charge in [0.25, 0.3) is 0 Å². The summed E-state index contributed by atoms with van der Waals surface area (Å²) in [5, 5.41) is 21.3. The number of phenols is 1. The summed E-state index contributed by atoms with van der Waals surface area (Å²) in [4.78, 5) is 12.3. The molecule has 8 heteroatoms. The van der Waals surface area contributed by atoms with E-state index in [-0.39, 0.29) is 17.7 Å². The summed E-state index contributed by atoms with van der Waals surface area (Å²) < 4.78 is 7.02. The molecule has 0 spiro atoms. The molecule has 2 heterocycles. The van der Waals surface area contributed by atoms with Gasteiger partial charge in [-0.3, -0.25) is 9.48 Å². The van der Waals surface area contributed by atoms with Crippen LogP contribution >= 0.6 is 11.6 Å². The Morgan fingerprint density at radius 2 is 2.07 bits per heavy atom. The highest BCUT2D eigenvalue weighted by Gasteiger charge is 2.21. The van der Waals surface area contributed by atoms with Crippen LogP contribution in [0, 0.1) is 0 Å². The van der Waals surface area contributed by atoms with Crippen molar-refractivity contribution in [3.05, 3.63) is 53.7 Å². The number of amides is 1. The van der Waals surface area contributed by atoms with Crippen LogP contribution in [0.15, 0.2) is 48.7 Å². The topological polar surface area (TPSA) is 88.4 Å². The first-order chi connectivity index (χ1) is 14.0. The monoisotopic (exact) mass is 412 g/mol. The van der Waals surface area contributed by atoms with Crippen LogP contribution in [0.3, 0.4) is 0 Å². The fourth-order valence-corrected chi connectivity index (χ4v) is 3.47. The number of hydrogen-bond acceptors (Lipinski definition) is 5. The molecule has 0 radical (unpaired) electrons. The normalized spacial score (nSPS) is 16.6. The van der Waals surface area contributed by atoms with Crippen molar-refractivity contribution in [1.82, 2.24) is 15.1 Å². The molecule has 3 aromatic rings. The predicted octanol–water partition coefficient (Wildman–Crippen LogP) is 3.04. The van der Waals surface area contributed by atoms with Gasteiger partial charge in [-0.1, -0.05) is 23.7 Å². The lowest BCUT2D eigenvalue weighted by Crippen LogP contribution is -2.48. The lowest BCUT2D eigenvalue weighted by Gasteiger charge is -2.22. The molecule has 0 unspecified atom stereocenters. The van der Waals surface area contributed by atoms with E-state index in [2.05, 4.69) is 15.7 Å². The Kier molecular flexibility index (Phi) is 5.53. The van der Waals surface area contributed by atoms with Crippen molar-refractivity contribution in [3.8, 4) is 28.1 Å². The number of nitrogens with one attached hydrogen (secondary N) is 2. The van der Waals surface area contributed by atoms with Gasteiger partial charge in [0.1, 0.15) is 17.5 Å². The first kappa shape index (κ1) is 19.4. The summed E-state index contributed by atoms with van der Waals surface area (Å²) in [5.74, 6) is -0.0104. The molecule has 0 saturated carbocycles. The van der Waals surface area contributed by atoms with Crippen LogP contribution in [-0.2, 0) is 16.6 Å². The van der Waals surface area contributed by atoms with E-state index in [1.165, 1.54) is 0 Å². The average Bonchev–Trinajstić information content (AvgIpc) is 3.12. The maximum absolute atomic E-state index is 12.3. The summed E-state index contributed by atoms with van der Waals surface area (Å²) in [6, 6.07) is 12.0. The van der Waals surface area contributed by atoms with Crippen LogP contribution in [0.5, 0.6) is 5.75 Å². The van der Waals surface area contributed by atoms with Crippen molar-refractivity contribution < 1.29 is 14.6 Å². The molecule has 1 fully saturated rings. The summed E-state index contributed by atoms with van der Waals surface area (Å²) in [6.45, 7) is 1.65. The number of ether oxygens (including phenoxy) is 1. The van der Waals surface area contributed by atoms with Gasteiger partial charge in [-0.2, -0.15) is 5.10 Å². The standard InChI is InChI=1S/C21H21ClN4O3/c1-26-11-17(20(25-26)16-10-14(22)4-7-19(16)27)13-2-5-15(6-3-13)24-21(28)18-12-29-9-8-23-18/h2-7,10-11,18,23,27H,8-9,12H2,1H3,(H,24,28)/t18-/m0/s1. The van der Waals surface area contributed by atoms with Crippen molar-refractivity contribution in [1.29, 1.82) is 0 Å². The smallest absolute Gasteiger partial charge is 0.243 e. The van der Waals surface area contributed by atoms with E-state index in [0.29, 0.717) is 41.7 Å². The van der Waals surface area contributed by atoms with Gasteiger partial charge in [0.15, 0.2) is 0 Å². The number of nitrogens with zero attached hydrogens (tertiary/aromatic N) is 2. The molecule has 150 valence electrons. The van der Waals surface area contributed by atoms with Gasteiger partial charge in [0.2, 0.25) is 5.91 Å². The SMILES string of the molecule is Cn1cc(-c2ccc(NC(=O)[C@@H]3COCCN3)cc2)c(-c2cc(Cl)ccc2O)n1. The lowest BCUT2D eigenvalue weighted by molar-refractivity contribution is -0.120. The van der Waals surface area contributed by atoms with Crippen molar-refractivity contribution in [2.24, 2.45) is 7.05 Å². The molecule has 3 N–H and O–H groups in total. The fraction of sp³-hybridized carbons (Fsp3) is 0.238. The van der Waals surface area contributed by atoms with Gasteiger partial charge < -0.3 is 20.5 Å². The first-order valence-corrected chi connectivity index (χ1v) is 9.64. The molecular weight excluding hydrogens is 392 g/mol. The van der Waals surface area contributed by atoms with Crippen LogP contribution < -0.4 is 10.6 Å². The number of morpholine rings is 1. The molecule has 0 aliphatic carbocycles. The molecule has 4 rings (SSSR count). The fourth-order valence-electron chi connectivity index (χ4n) is 3.29. The van der Waals surface area contributed by atoms with Gasteiger partial charge in [-0.15, -0.1) is 0 Å². The van der Waals surface area contributed by atoms with Gasteiger partial charge in [-0.25, -0.2) is 0 Å². The highest BCUT2D eigenvalue weighted by atomic mass is 35.5. The Hall–Kier alpha value is -2.87. The minimum absolute atomic E-state index is 0.112. The average molecular weight is 413 g/mol. The largest absolute Gasteiger partial charge is 0.507 e. The van der Waals surface area contributed by atoms with E-state index >= 15 is 0 Å². The van der Waals surface area contributed by atoms with Gasteiger partial charge in [0.05, 0.1) is 13.2 Å².